The fourth-order valence-corrected chi connectivity index (χ4v) is 4.01. The molecular weight excluding hydrogens is 480 g/mol. The van der Waals surface area contributed by atoms with Crippen LogP contribution in [0.3, 0.4) is 0 Å². The maximum atomic E-state index is 12.6. The molecule has 2 N–H and O–H groups in total. The molecule has 9 heteroatoms. The Bertz CT molecular complexity index is 1150. The molecule has 0 radical (unpaired) electrons. The minimum Gasteiger partial charge on any atom is -0.495 e. The summed E-state index contributed by atoms with van der Waals surface area (Å²) in [5.41, 5.74) is 0.938. The molecule has 0 aliphatic rings. The maximum Gasteiger partial charge on any atom is 0.261 e. The number of hydrogen-bond acceptors (Lipinski definition) is 4. The highest BCUT2D eigenvalue weighted by atomic mass is 79.9. The zero-order valence-electron chi connectivity index (χ0n) is 15.1. The van der Waals surface area contributed by atoms with Crippen molar-refractivity contribution in [1.82, 2.24) is 0 Å². The van der Waals surface area contributed by atoms with Gasteiger partial charge in [0.15, 0.2) is 0 Å². The predicted molar refractivity (Wildman–Crippen MR) is 117 cm³/mol. The minimum atomic E-state index is -3.79. The van der Waals surface area contributed by atoms with E-state index in [1.54, 1.807) is 48.5 Å². The third-order valence-electron chi connectivity index (χ3n) is 3.91. The molecule has 3 aromatic carbocycles. The first-order chi connectivity index (χ1) is 13.8. The van der Waals surface area contributed by atoms with Gasteiger partial charge in [-0.05, 0) is 60.7 Å². The average molecular weight is 496 g/mol. The first-order valence-electron chi connectivity index (χ1n) is 8.32. The third-order valence-corrected chi connectivity index (χ3v) is 6.07. The Hall–Kier alpha value is -2.55. The zero-order valence-corrected chi connectivity index (χ0v) is 18.3. The topological polar surface area (TPSA) is 84.5 Å². The van der Waals surface area contributed by atoms with Gasteiger partial charge in [-0.25, -0.2) is 8.42 Å². The molecule has 0 heterocycles. The molecule has 0 fully saturated rings. The Kier molecular flexibility index (Phi) is 6.46. The molecule has 150 valence electrons. The van der Waals surface area contributed by atoms with Crippen LogP contribution in [0.25, 0.3) is 0 Å². The van der Waals surface area contributed by atoms with Crippen molar-refractivity contribution in [2.75, 3.05) is 17.1 Å². The van der Waals surface area contributed by atoms with Crippen molar-refractivity contribution in [3.63, 3.8) is 0 Å². The lowest BCUT2D eigenvalue weighted by atomic mass is 10.2. The minimum absolute atomic E-state index is 0.110. The van der Waals surface area contributed by atoms with Crippen LogP contribution in [0.4, 0.5) is 11.4 Å². The molecule has 0 aliphatic carbocycles. The van der Waals surface area contributed by atoms with Crippen LogP contribution in [0, 0.1) is 0 Å². The number of benzene rings is 3. The van der Waals surface area contributed by atoms with Gasteiger partial charge in [0.1, 0.15) is 5.75 Å². The van der Waals surface area contributed by atoms with Crippen LogP contribution in [0.1, 0.15) is 10.4 Å². The fourth-order valence-electron chi connectivity index (χ4n) is 2.52. The Labute approximate surface area is 182 Å². The highest BCUT2D eigenvalue weighted by molar-refractivity contribution is 9.10. The summed E-state index contributed by atoms with van der Waals surface area (Å²) in [6.07, 6.45) is 0. The summed E-state index contributed by atoms with van der Waals surface area (Å²) in [4.78, 5) is 12.7. The Morgan fingerprint density at radius 3 is 2.45 bits per heavy atom. The first kappa shape index (κ1) is 21.2. The molecule has 0 bridgehead atoms. The number of ether oxygens (including phenoxy) is 1. The summed E-state index contributed by atoms with van der Waals surface area (Å²) < 4.78 is 33.6. The van der Waals surface area contributed by atoms with Crippen molar-refractivity contribution in [1.29, 1.82) is 0 Å². The van der Waals surface area contributed by atoms with E-state index in [4.69, 9.17) is 16.3 Å². The van der Waals surface area contributed by atoms with Crippen LogP contribution in [0.5, 0.6) is 5.75 Å². The van der Waals surface area contributed by atoms with Gasteiger partial charge < -0.3 is 10.1 Å². The highest BCUT2D eigenvalue weighted by Crippen LogP contribution is 2.28. The Morgan fingerprint density at radius 2 is 1.76 bits per heavy atom. The van der Waals surface area contributed by atoms with E-state index in [0.29, 0.717) is 16.5 Å². The smallest absolute Gasteiger partial charge is 0.261 e. The van der Waals surface area contributed by atoms with Gasteiger partial charge in [-0.2, -0.15) is 0 Å². The number of anilines is 2. The number of hydrogen-bond donors (Lipinski definition) is 2. The van der Waals surface area contributed by atoms with Crippen LogP contribution < -0.4 is 14.8 Å². The third kappa shape index (κ3) is 5.29. The van der Waals surface area contributed by atoms with Gasteiger partial charge in [0.25, 0.3) is 15.9 Å². The molecule has 3 aromatic rings. The van der Waals surface area contributed by atoms with E-state index in [9.17, 15) is 13.2 Å². The second-order valence-corrected chi connectivity index (χ2v) is 8.97. The lowest BCUT2D eigenvalue weighted by Crippen LogP contribution is -2.15. The maximum absolute atomic E-state index is 12.6. The number of amides is 1. The van der Waals surface area contributed by atoms with Gasteiger partial charge in [-0.1, -0.05) is 33.6 Å². The van der Waals surface area contributed by atoms with E-state index in [-0.39, 0.29) is 16.1 Å². The molecule has 0 spiro atoms. The number of methoxy groups -OCH3 is 1. The van der Waals surface area contributed by atoms with Crippen LogP contribution in [0.15, 0.2) is 76.1 Å². The number of carbonyl (C=O) groups is 1. The Balaban J connectivity index is 1.81. The number of carbonyl (C=O) groups excluding carboxylic acids is 1. The Morgan fingerprint density at radius 1 is 1.03 bits per heavy atom. The highest BCUT2D eigenvalue weighted by Gasteiger charge is 2.16. The van der Waals surface area contributed by atoms with Crippen molar-refractivity contribution >= 4 is 54.8 Å². The molecule has 0 saturated heterocycles. The number of rotatable bonds is 6. The first-order valence-corrected chi connectivity index (χ1v) is 11.0. The van der Waals surface area contributed by atoms with Crippen molar-refractivity contribution < 1.29 is 17.9 Å². The quantitative estimate of drug-likeness (QED) is 0.494. The molecule has 3 rings (SSSR count). The van der Waals surface area contributed by atoms with E-state index >= 15 is 0 Å². The second kappa shape index (κ2) is 8.86. The average Bonchev–Trinajstić information content (AvgIpc) is 2.68. The standard InChI is InChI=1S/C20H16BrClN2O4S/c1-28-19-10-7-15(22)12-18(19)23-20(25)13-3-2-4-16(11-13)24-29(26,27)17-8-5-14(21)6-9-17/h2-12,24H,1H3,(H,23,25). The van der Waals surface area contributed by atoms with Crippen LogP contribution in [-0.2, 0) is 10.0 Å². The number of nitrogens with one attached hydrogen (secondary N) is 2. The molecule has 0 aromatic heterocycles. The van der Waals surface area contributed by atoms with Gasteiger partial charge in [0, 0.05) is 20.7 Å². The molecule has 0 aliphatic heterocycles. The van der Waals surface area contributed by atoms with Gasteiger partial charge in [-0.3, -0.25) is 9.52 Å². The van der Waals surface area contributed by atoms with Crippen LogP contribution >= 0.6 is 27.5 Å². The summed E-state index contributed by atoms with van der Waals surface area (Å²) in [5, 5.41) is 3.16. The summed E-state index contributed by atoms with van der Waals surface area (Å²) >= 11 is 9.25. The van der Waals surface area contributed by atoms with Gasteiger partial charge >= 0.3 is 0 Å². The normalized spacial score (nSPS) is 11.0. The van der Waals surface area contributed by atoms with Crippen molar-refractivity contribution in [2.24, 2.45) is 0 Å². The van der Waals surface area contributed by atoms with Gasteiger partial charge in [0.05, 0.1) is 17.7 Å². The van der Waals surface area contributed by atoms with E-state index < -0.39 is 15.9 Å². The monoisotopic (exact) mass is 494 g/mol. The zero-order chi connectivity index (χ0) is 21.0. The van der Waals surface area contributed by atoms with Crippen LogP contribution in [0.2, 0.25) is 5.02 Å². The fraction of sp³-hybridized carbons (Fsp3) is 0.0500. The largest absolute Gasteiger partial charge is 0.495 e. The SMILES string of the molecule is COc1ccc(Cl)cc1NC(=O)c1cccc(NS(=O)(=O)c2ccc(Br)cc2)c1. The summed E-state index contributed by atoms with van der Waals surface area (Å²) in [5.74, 6) is 0.0186. The van der Waals surface area contributed by atoms with E-state index in [1.165, 1.54) is 25.3 Å². The number of sulfonamides is 1. The molecule has 29 heavy (non-hydrogen) atoms. The van der Waals surface area contributed by atoms with Crippen molar-refractivity contribution in [3.8, 4) is 5.75 Å². The molecule has 0 atom stereocenters. The van der Waals surface area contributed by atoms with Gasteiger partial charge in [-0.15, -0.1) is 0 Å². The summed E-state index contributed by atoms with van der Waals surface area (Å²) in [6.45, 7) is 0. The summed E-state index contributed by atoms with van der Waals surface area (Å²) in [7, 11) is -2.31. The molecule has 1 amide bonds. The van der Waals surface area contributed by atoms with Crippen LogP contribution in [-0.4, -0.2) is 21.4 Å². The van der Waals surface area contributed by atoms with Gasteiger partial charge in [0.2, 0.25) is 0 Å². The molecule has 0 unspecified atom stereocenters. The second-order valence-electron chi connectivity index (χ2n) is 5.94. The van der Waals surface area contributed by atoms with Crippen molar-refractivity contribution in [2.45, 2.75) is 4.90 Å². The summed E-state index contributed by atoms with van der Waals surface area (Å²) in [6, 6.07) is 17.3. The number of halogens is 2. The van der Waals surface area contributed by atoms with E-state index in [1.807, 2.05) is 0 Å². The lowest BCUT2D eigenvalue weighted by Gasteiger charge is -2.12. The molecular formula is C20H16BrClN2O4S. The molecule has 6 nitrogen and oxygen atoms in total. The van der Waals surface area contributed by atoms with E-state index in [0.717, 1.165) is 4.47 Å². The van der Waals surface area contributed by atoms with Crippen molar-refractivity contribution in [3.05, 3.63) is 81.8 Å². The lowest BCUT2D eigenvalue weighted by molar-refractivity contribution is 0.102. The molecule has 0 saturated carbocycles. The van der Waals surface area contributed by atoms with E-state index in [2.05, 4.69) is 26.0 Å². The predicted octanol–water partition coefficient (Wildman–Crippen LogP) is 5.16.